The van der Waals surface area contributed by atoms with Crippen LogP contribution >= 0.6 is 0 Å². The lowest BCUT2D eigenvalue weighted by atomic mass is 10.1. The second kappa shape index (κ2) is 8.66. The van der Waals surface area contributed by atoms with E-state index in [2.05, 4.69) is 21.9 Å². The van der Waals surface area contributed by atoms with Gasteiger partial charge in [-0.3, -0.25) is 23.3 Å². The molecule has 0 aliphatic carbocycles. The Balaban J connectivity index is 1.56. The van der Waals surface area contributed by atoms with Crippen molar-refractivity contribution in [3.8, 4) is 0 Å². The average molecular weight is 459 g/mol. The SMILES string of the molecule is Cn1c(=O)c2c(nc(N3CCN(c4ccccc4)CC3)n2CC(=O)c2ccccc2)n(C)c1=O. The van der Waals surface area contributed by atoms with E-state index in [0.29, 0.717) is 24.6 Å². The Bertz CT molecular complexity index is 1460. The van der Waals surface area contributed by atoms with Gasteiger partial charge in [0.2, 0.25) is 5.95 Å². The number of aryl methyl sites for hydroxylation is 1. The highest BCUT2D eigenvalue weighted by Gasteiger charge is 2.27. The number of hydrogen-bond donors (Lipinski definition) is 0. The molecule has 0 N–H and O–H groups in total. The molecular formula is C25H26N6O3. The number of fused-ring (bicyclic) bond motifs is 1. The number of benzene rings is 2. The van der Waals surface area contributed by atoms with Crippen molar-refractivity contribution in [3.63, 3.8) is 0 Å². The van der Waals surface area contributed by atoms with Crippen LogP contribution in [0.1, 0.15) is 10.4 Å². The molecule has 2 aromatic carbocycles. The number of para-hydroxylation sites is 1. The molecule has 0 bridgehead atoms. The Morgan fingerprint density at radius 3 is 2.06 bits per heavy atom. The van der Waals surface area contributed by atoms with E-state index in [1.165, 1.54) is 11.6 Å². The number of imidazole rings is 1. The number of Topliss-reactive ketones (excluding diaryl/α,β-unsaturated/α-hetero) is 1. The molecular weight excluding hydrogens is 432 g/mol. The summed E-state index contributed by atoms with van der Waals surface area (Å²) in [4.78, 5) is 47.9. The van der Waals surface area contributed by atoms with Crippen LogP contribution < -0.4 is 21.0 Å². The Kier molecular flexibility index (Phi) is 5.53. The zero-order valence-electron chi connectivity index (χ0n) is 19.2. The molecule has 9 heteroatoms. The van der Waals surface area contributed by atoms with E-state index in [9.17, 15) is 14.4 Å². The maximum Gasteiger partial charge on any atom is 0.332 e. The number of carbonyl (C=O) groups is 1. The van der Waals surface area contributed by atoms with Gasteiger partial charge in [-0.05, 0) is 12.1 Å². The molecule has 0 saturated carbocycles. The van der Waals surface area contributed by atoms with Crippen molar-refractivity contribution >= 4 is 28.6 Å². The Morgan fingerprint density at radius 2 is 1.41 bits per heavy atom. The number of rotatable bonds is 5. The van der Waals surface area contributed by atoms with Gasteiger partial charge in [-0.1, -0.05) is 48.5 Å². The molecule has 0 amide bonds. The number of nitrogens with zero attached hydrogens (tertiary/aromatic N) is 6. The van der Waals surface area contributed by atoms with E-state index in [4.69, 9.17) is 4.98 Å². The maximum absolute atomic E-state index is 13.1. The molecule has 5 rings (SSSR count). The summed E-state index contributed by atoms with van der Waals surface area (Å²) in [5, 5.41) is 0. The predicted octanol–water partition coefficient (Wildman–Crippen LogP) is 1.64. The quantitative estimate of drug-likeness (QED) is 0.423. The van der Waals surface area contributed by atoms with Crippen LogP contribution in [0.5, 0.6) is 0 Å². The summed E-state index contributed by atoms with van der Waals surface area (Å²) in [6.07, 6.45) is 0. The molecule has 1 saturated heterocycles. The van der Waals surface area contributed by atoms with E-state index in [1.54, 1.807) is 23.7 Å². The van der Waals surface area contributed by atoms with Crippen LogP contribution in [0.2, 0.25) is 0 Å². The van der Waals surface area contributed by atoms with E-state index in [-0.39, 0.29) is 23.5 Å². The first-order valence-corrected chi connectivity index (χ1v) is 11.2. The summed E-state index contributed by atoms with van der Waals surface area (Å²) in [5.74, 6) is 0.408. The first-order chi connectivity index (χ1) is 16.5. The zero-order valence-corrected chi connectivity index (χ0v) is 19.2. The predicted molar refractivity (Wildman–Crippen MR) is 132 cm³/mol. The van der Waals surface area contributed by atoms with Crippen molar-refractivity contribution < 1.29 is 4.79 Å². The topological polar surface area (TPSA) is 85.4 Å². The van der Waals surface area contributed by atoms with Gasteiger partial charge in [0.1, 0.15) is 0 Å². The molecule has 4 aromatic rings. The third kappa shape index (κ3) is 3.68. The molecule has 0 spiro atoms. The minimum atomic E-state index is -0.458. The monoisotopic (exact) mass is 458 g/mol. The number of ketones is 1. The van der Waals surface area contributed by atoms with Crippen molar-refractivity contribution in [1.82, 2.24) is 18.7 Å². The summed E-state index contributed by atoms with van der Waals surface area (Å²) in [5.41, 5.74) is 1.36. The molecule has 0 unspecified atom stereocenters. The average Bonchev–Trinajstić information content (AvgIpc) is 3.26. The Hall–Kier alpha value is -4.14. The molecule has 9 nitrogen and oxygen atoms in total. The first kappa shape index (κ1) is 21.7. The molecule has 2 aromatic heterocycles. The Morgan fingerprint density at radius 1 is 0.824 bits per heavy atom. The van der Waals surface area contributed by atoms with Gasteiger partial charge >= 0.3 is 5.69 Å². The standard InChI is InChI=1S/C25H26N6O3/c1-27-22-21(23(33)28(2)25(27)34)31(17-20(32)18-9-5-3-6-10-18)24(26-22)30-15-13-29(14-16-30)19-11-7-4-8-12-19/h3-12H,13-17H2,1-2H3. The van der Waals surface area contributed by atoms with Crippen molar-refractivity contribution in [2.75, 3.05) is 36.0 Å². The molecule has 0 radical (unpaired) electrons. The van der Waals surface area contributed by atoms with Gasteiger partial charge in [0.05, 0.1) is 6.54 Å². The minimum Gasteiger partial charge on any atom is -0.368 e. The summed E-state index contributed by atoms with van der Waals surface area (Å²) in [6, 6.07) is 19.2. The van der Waals surface area contributed by atoms with E-state index in [1.807, 2.05) is 36.4 Å². The van der Waals surface area contributed by atoms with Crippen molar-refractivity contribution in [1.29, 1.82) is 0 Å². The van der Waals surface area contributed by atoms with Gasteiger partial charge in [0, 0.05) is 51.5 Å². The number of hydrogen-bond acceptors (Lipinski definition) is 6. The van der Waals surface area contributed by atoms with E-state index in [0.717, 1.165) is 23.3 Å². The van der Waals surface area contributed by atoms with Crippen LogP contribution in [0.25, 0.3) is 11.2 Å². The van der Waals surface area contributed by atoms with Crippen LogP contribution in [-0.4, -0.2) is 50.6 Å². The Labute approximate surface area is 196 Å². The van der Waals surface area contributed by atoms with Gasteiger partial charge in [-0.15, -0.1) is 0 Å². The van der Waals surface area contributed by atoms with Crippen LogP contribution in [0.3, 0.4) is 0 Å². The van der Waals surface area contributed by atoms with Crippen molar-refractivity contribution in [3.05, 3.63) is 87.1 Å². The number of aromatic nitrogens is 4. The zero-order chi connectivity index (χ0) is 23.8. The van der Waals surface area contributed by atoms with E-state index < -0.39 is 11.2 Å². The largest absolute Gasteiger partial charge is 0.368 e. The normalized spacial score (nSPS) is 14.1. The molecule has 3 heterocycles. The molecule has 1 aliphatic heterocycles. The summed E-state index contributed by atoms with van der Waals surface area (Å²) < 4.78 is 4.10. The lowest BCUT2D eigenvalue weighted by Crippen LogP contribution is -2.47. The molecule has 1 fully saturated rings. The van der Waals surface area contributed by atoms with Gasteiger partial charge in [-0.25, -0.2) is 4.79 Å². The second-order valence-electron chi connectivity index (χ2n) is 8.47. The number of anilines is 2. The van der Waals surface area contributed by atoms with Crippen LogP contribution in [0.15, 0.2) is 70.3 Å². The van der Waals surface area contributed by atoms with Crippen LogP contribution in [0.4, 0.5) is 11.6 Å². The third-order valence-electron chi connectivity index (χ3n) is 6.41. The summed E-state index contributed by atoms with van der Waals surface area (Å²) in [7, 11) is 3.04. The van der Waals surface area contributed by atoms with Crippen molar-refractivity contribution in [2.45, 2.75) is 6.54 Å². The lowest BCUT2D eigenvalue weighted by Gasteiger charge is -2.36. The van der Waals surface area contributed by atoms with Gasteiger partial charge in [-0.2, -0.15) is 4.98 Å². The molecule has 0 atom stereocenters. The second-order valence-corrected chi connectivity index (χ2v) is 8.47. The lowest BCUT2D eigenvalue weighted by molar-refractivity contribution is 0.0973. The maximum atomic E-state index is 13.1. The highest BCUT2D eigenvalue weighted by molar-refractivity contribution is 5.97. The smallest absolute Gasteiger partial charge is 0.332 e. The minimum absolute atomic E-state index is 0.0395. The number of carbonyl (C=O) groups excluding carboxylic acids is 1. The summed E-state index contributed by atoms with van der Waals surface area (Å²) in [6.45, 7) is 2.85. The molecule has 174 valence electrons. The van der Waals surface area contributed by atoms with Crippen LogP contribution in [-0.2, 0) is 20.6 Å². The molecule has 34 heavy (non-hydrogen) atoms. The van der Waals surface area contributed by atoms with Crippen LogP contribution in [0, 0.1) is 0 Å². The third-order valence-corrected chi connectivity index (χ3v) is 6.41. The number of piperazine rings is 1. The van der Waals surface area contributed by atoms with Crippen molar-refractivity contribution in [2.24, 2.45) is 14.1 Å². The van der Waals surface area contributed by atoms with E-state index >= 15 is 0 Å². The van der Waals surface area contributed by atoms with Gasteiger partial charge in [0.25, 0.3) is 5.56 Å². The fourth-order valence-corrected chi connectivity index (χ4v) is 4.49. The molecule has 1 aliphatic rings. The van der Waals surface area contributed by atoms with Gasteiger partial charge in [0.15, 0.2) is 16.9 Å². The van der Waals surface area contributed by atoms with Gasteiger partial charge < -0.3 is 9.80 Å². The fraction of sp³-hybridized carbons (Fsp3) is 0.280. The highest BCUT2D eigenvalue weighted by Crippen LogP contribution is 2.23. The first-order valence-electron chi connectivity index (χ1n) is 11.2. The fourth-order valence-electron chi connectivity index (χ4n) is 4.49. The summed E-state index contributed by atoms with van der Waals surface area (Å²) >= 11 is 0. The highest BCUT2D eigenvalue weighted by atomic mass is 16.2.